The van der Waals surface area contributed by atoms with Crippen LogP contribution in [0.2, 0.25) is 0 Å². The molecule has 2 aromatic heterocycles. The lowest BCUT2D eigenvalue weighted by Gasteiger charge is -2.13. The molecule has 1 aliphatic rings. The number of thiophene rings is 1. The first kappa shape index (κ1) is 20.9. The first-order chi connectivity index (χ1) is 12.9. The van der Waals surface area contributed by atoms with E-state index in [9.17, 15) is 0 Å². The molecule has 0 saturated carbocycles. The zero-order chi connectivity index (χ0) is 19.8. The smallest absolute Gasteiger partial charge is 0.179 e. The van der Waals surface area contributed by atoms with Gasteiger partial charge >= 0.3 is 0 Å². The Balaban J connectivity index is 0.000000152. The lowest BCUT2D eigenvalue weighted by atomic mass is 10.1. The van der Waals surface area contributed by atoms with Gasteiger partial charge in [-0.3, -0.25) is 0 Å². The second-order valence-corrected chi connectivity index (χ2v) is 8.33. The van der Waals surface area contributed by atoms with Crippen LogP contribution in [0.4, 0.5) is 26.5 Å². The van der Waals surface area contributed by atoms with Gasteiger partial charge in [0.2, 0.25) is 0 Å². The van der Waals surface area contributed by atoms with Crippen LogP contribution in [0.5, 0.6) is 0 Å². The van der Waals surface area contributed by atoms with Crippen molar-refractivity contribution in [3.05, 3.63) is 47.0 Å². The summed E-state index contributed by atoms with van der Waals surface area (Å²) in [6.07, 6.45) is 4.34. The van der Waals surface area contributed by atoms with Crippen molar-refractivity contribution in [3.8, 4) is 0 Å². The van der Waals surface area contributed by atoms with Gasteiger partial charge in [0.05, 0.1) is 10.0 Å². The summed E-state index contributed by atoms with van der Waals surface area (Å²) in [5.74, 6) is 0. The minimum Gasteiger partial charge on any atom is -0.399 e. The number of nitrogens with zero attached hydrogens (tertiary/aromatic N) is 2. The summed E-state index contributed by atoms with van der Waals surface area (Å²) in [5.41, 5.74) is 25.8. The van der Waals surface area contributed by atoms with E-state index in [1.54, 1.807) is 17.5 Å². The average Bonchev–Trinajstić information content (AvgIpc) is 3.37. The van der Waals surface area contributed by atoms with Crippen molar-refractivity contribution in [1.29, 1.82) is 0 Å². The summed E-state index contributed by atoms with van der Waals surface area (Å²) in [5, 5.41) is 4.73. The largest absolute Gasteiger partial charge is 0.399 e. The van der Waals surface area contributed by atoms with Crippen molar-refractivity contribution in [2.24, 2.45) is 0 Å². The predicted octanol–water partition coefficient (Wildman–Crippen LogP) is 4.12. The van der Waals surface area contributed by atoms with Crippen molar-refractivity contribution < 1.29 is 0 Å². The zero-order valence-corrected chi connectivity index (χ0v) is 17.4. The lowest BCUT2D eigenvalue weighted by molar-refractivity contribution is 0.949. The molecule has 0 radical (unpaired) electrons. The van der Waals surface area contributed by atoms with Gasteiger partial charge in [-0.15, -0.1) is 22.7 Å². The Hall–Kier alpha value is -2.45. The molecule has 0 amide bonds. The maximum Gasteiger partial charge on any atom is 0.179 e. The van der Waals surface area contributed by atoms with Crippen molar-refractivity contribution >= 4 is 49.2 Å². The Labute approximate surface area is 168 Å². The number of aryl methyl sites for hydroxylation is 2. The molecule has 0 unspecified atom stereocenters. The number of thiazole rings is 1. The molecule has 1 fully saturated rings. The van der Waals surface area contributed by atoms with Gasteiger partial charge in [-0.1, -0.05) is 0 Å². The lowest BCUT2D eigenvalue weighted by Crippen LogP contribution is -2.15. The molecule has 4 rings (SSSR count). The van der Waals surface area contributed by atoms with E-state index in [0.29, 0.717) is 5.13 Å². The second kappa shape index (κ2) is 10.0. The van der Waals surface area contributed by atoms with Gasteiger partial charge in [-0.05, 0) is 62.1 Å². The quantitative estimate of drug-likeness (QED) is 0.453. The first-order valence-corrected chi connectivity index (χ1v) is 10.4. The zero-order valence-electron chi connectivity index (χ0n) is 15.8. The van der Waals surface area contributed by atoms with Crippen LogP contribution < -0.4 is 27.8 Å². The molecule has 1 saturated heterocycles. The first-order valence-electron chi connectivity index (χ1n) is 8.74. The number of rotatable bonds is 1. The number of nitrogen functional groups attached to an aromatic ring is 4. The fraction of sp³-hybridized carbons (Fsp3) is 0.316. The average molecular weight is 405 g/mol. The van der Waals surface area contributed by atoms with Crippen LogP contribution in [0, 0.1) is 13.8 Å². The molecule has 1 aromatic carbocycles. The van der Waals surface area contributed by atoms with Gasteiger partial charge in [-0.25, -0.2) is 4.98 Å². The fourth-order valence-electron chi connectivity index (χ4n) is 2.54. The van der Waals surface area contributed by atoms with E-state index in [2.05, 4.69) is 16.0 Å². The Morgan fingerprint density at radius 2 is 1.52 bits per heavy atom. The minimum atomic E-state index is 0.634. The van der Waals surface area contributed by atoms with E-state index in [1.807, 2.05) is 37.4 Å². The molecule has 27 heavy (non-hydrogen) atoms. The normalized spacial score (nSPS) is 12.7. The van der Waals surface area contributed by atoms with Crippen molar-refractivity contribution in [2.75, 3.05) is 40.9 Å². The highest BCUT2D eigenvalue weighted by Crippen LogP contribution is 2.29. The summed E-state index contributed by atoms with van der Waals surface area (Å²) < 4.78 is 0. The molecule has 146 valence electrons. The Bertz CT molecular complexity index is 773. The van der Waals surface area contributed by atoms with Gasteiger partial charge in [-0.2, -0.15) is 0 Å². The standard InChI is InChI=1S/C8H12N2S.C8H12N2.C3H4N2S/c9-7-3-4-8(11-7)10-5-1-2-6-10;1-5-3-8(10)6(2)4-7(5)9;4-3-5-1-2-6-3/h3-4H,1-2,5-6,9H2;3-4H,9-10H2,1-2H3;1-2H,(H2,4,5). The molecule has 0 spiro atoms. The number of anilines is 5. The van der Waals surface area contributed by atoms with Crippen LogP contribution in [-0.2, 0) is 0 Å². The fourth-order valence-corrected chi connectivity index (χ4v) is 3.75. The monoisotopic (exact) mass is 404 g/mol. The van der Waals surface area contributed by atoms with Crippen LogP contribution >= 0.6 is 22.7 Å². The van der Waals surface area contributed by atoms with E-state index < -0.39 is 0 Å². The van der Waals surface area contributed by atoms with Gasteiger partial charge in [0.1, 0.15) is 0 Å². The van der Waals surface area contributed by atoms with Crippen molar-refractivity contribution in [3.63, 3.8) is 0 Å². The van der Waals surface area contributed by atoms with Crippen LogP contribution in [-0.4, -0.2) is 18.1 Å². The van der Waals surface area contributed by atoms with E-state index in [4.69, 9.17) is 22.9 Å². The molecule has 0 atom stereocenters. The van der Waals surface area contributed by atoms with Crippen LogP contribution in [0.25, 0.3) is 0 Å². The molecular formula is C19H28N6S2. The van der Waals surface area contributed by atoms with Crippen molar-refractivity contribution in [2.45, 2.75) is 26.7 Å². The third kappa shape index (κ3) is 6.65. The van der Waals surface area contributed by atoms with Gasteiger partial charge < -0.3 is 27.8 Å². The van der Waals surface area contributed by atoms with E-state index >= 15 is 0 Å². The third-order valence-electron chi connectivity index (χ3n) is 4.14. The topological polar surface area (TPSA) is 120 Å². The maximum atomic E-state index is 5.64. The van der Waals surface area contributed by atoms with Crippen LogP contribution in [0.15, 0.2) is 35.8 Å². The summed E-state index contributed by atoms with van der Waals surface area (Å²) >= 11 is 3.13. The predicted molar refractivity (Wildman–Crippen MR) is 121 cm³/mol. The SMILES string of the molecule is Cc1cc(N)c(C)cc1N.Nc1ccc(N2CCCC2)s1.Nc1nccs1. The van der Waals surface area contributed by atoms with E-state index in [0.717, 1.165) is 27.5 Å². The van der Waals surface area contributed by atoms with E-state index in [1.165, 1.54) is 42.3 Å². The van der Waals surface area contributed by atoms with E-state index in [-0.39, 0.29) is 0 Å². The Morgan fingerprint density at radius 1 is 0.926 bits per heavy atom. The summed E-state index contributed by atoms with van der Waals surface area (Å²) in [6, 6.07) is 7.89. The molecule has 6 nitrogen and oxygen atoms in total. The number of benzene rings is 1. The molecule has 3 aromatic rings. The van der Waals surface area contributed by atoms with Crippen LogP contribution in [0.1, 0.15) is 24.0 Å². The molecule has 8 N–H and O–H groups in total. The molecule has 0 bridgehead atoms. The second-order valence-electron chi connectivity index (χ2n) is 6.31. The van der Waals surface area contributed by atoms with Crippen molar-refractivity contribution in [1.82, 2.24) is 4.98 Å². The Morgan fingerprint density at radius 3 is 1.89 bits per heavy atom. The van der Waals surface area contributed by atoms with Gasteiger partial charge in [0, 0.05) is 36.0 Å². The highest BCUT2D eigenvalue weighted by Gasteiger charge is 2.13. The summed E-state index contributed by atoms with van der Waals surface area (Å²) in [4.78, 5) is 6.12. The summed E-state index contributed by atoms with van der Waals surface area (Å²) in [6.45, 7) is 6.32. The molecule has 0 aliphatic carbocycles. The highest BCUT2D eigenvalue weighted by atomic mass is 32.1. The Kier molecular flexibility index (Phi) is 7.75. The van der Waals surface area contributed by atoms with Gasteiger partial charge in [0.15, 0.2) is 5.13 Å². The van der Waals surface area contributed by atoms with Gasteiger partial charge in [0.25, 0.3) is 0 Å². The maximum absolute atomic E-state index is 5.64. The molecular weight excluding hydrogens is 376 g/mol. The number of hydrogen-bond donors (Lipinski definition) is 4. The minimum absolute atomic E-state index is 0.634. The molecule has 3 heterocycles. The number of aromatic nitrogens is 1. The summed E-state index contributed by atoms with van der Waals surface area (Å²) in [7, 11) is 0. The molecule has 1 aliphatic heterocycles. The molecule has 8 heteroatoms. The van der Waals surface area contributed by atoms with Crippen LogP contribution in [0.3, 0.4) is 0 Å². The number of nitrogens with two attached hydrogens (primary N) is 4. The highest BCUT2D eigenvalue weighted by molar-refractivity contribution is 7.19. The third-order valence-corrected chi connectivity index (χ3v) is 5.72. The number of hydrogen-bond acceptors (Lipinski definition) is 8.